The maximum absolute atomic E-state index is 11.6. The van der Waals surface area contributed by atoms with E-state index in [0.29, 0.717) is 11.3 Å². The minimum Gasteiger partial charge on any atom is -0.507 e. The summed E-state index contributed by atoms with van der Waals surface area (Å²) in [6, 6.07) is 14.2. The van der Waals surface area contributed by atoms with Gasteiger partial charge in [-0.05, 0) is 24.3 Å². The molecule has 0 saturated carbocycles. The summed E-state index contributed by atoms with van der Waals surface area (Å²) in [7, 11) is 1.52. The van der Waals surface area contributed by atoms with Crippen molar-refractivity contribution in [1.29, 1.82) is 0 Å². The quantitative estimate of drug-likeness (QED) is 0.562. The van der Waals surface area contributed by atoms with Gasteiger partial charge in [0, 0.05) is 17.3 Å². The van der Waals surface area contributed by atoms with Crippen molar-refractivity contribution < 1.29 is 14.6 Å². The van der Waals surface area contributed by atoms with Gasteiger partial charge in [0.15, 0.2) is 0 Å². The molecule has 1 amide bonds. The molecule has 114 valence electrons. The average molecular weight is 299 g/mol. The zero-order valence-corrected chi connectivity index (χ0v) is 12.1. The van der Waals surface area contributed by atoms with Crippen molar-refractivity contribution in [1.82, 2.24) is 5.43 Å². The lowest BCUT2D eigenvalue weighted by atomic mass is 10.2. The number of hydrogen-bond donors (Lipinski definition) is 3. The second-order valence-electron chi connectivity index (χ2n) is 4.44. The van der Waals surface area contributed by atoms with Crippen LogP contribution < -0.4 is 15.5 Å². The van der Waals surface area contributed by atoms with Crippen LogP contribution in [0.15, 0.2) is 53.6 Å². The fraction of sp³-hybridized carbons (Fsp3) is 0.125. The minimum absolute atomic E-state index is 0.0276. The Hall–Kier alpha value is -3.02. The summed E-state index contributed by atoms with van der Waals surface area (Å²) in [5.41, 5.74) is 3.72. The maximum atomic E-state index is 11.6. The van der Waals surface area contributed by atoms with E-state index < -0.39 is 0 Å². The number of para-hydroxylation sites is 1. The van der Waals surface area contributed by atoms with E-state index in [1.807, 2.05) is 30.3 Å². The van der Waals surface area contributed by atoms with Gasteiger partial charge in [0.2, 0.25) is 0 Å². The molecule has 0 fully saturated rings. The summed E-state index contributed by atoms with van der Waals surface area (Å²) in [6.07, 6.45) is 1.37. The number of benzene rings is 2. The number of carbonyl (C=O) groups is 1. The number of nitrogens with zero attached hydrogens (tertiary/aromatic N) is 1. The third kappa shape index (κ3) is 4.52. The van der Waals surface area contributed by atoms with Crippen LogP contribution in [-0.2, 0) is 4.79 Å². The Bertz CT molecular complexity index is 657. The Morgan fingerprint density at radius 2 is 2.05 bits per heavy atom. The number of rotatable bonds is 6. The summed E-state index contributed by atoms with van der Waals surface area (Å²) >= 11 is 0. The van der Waals surface area contributed by atoms with Gasteiger partial charge in [-0.25, -0.2) is 5.43 Å². The van der Waals surface area contributed by atoms with Crippen LogP contribution in [0.5, 0.6) is 11.5 Å². The van der Waals surface area contributed by atoms with Gasteiger partial charge in [0.25, 0.3) is 5.91 Å². The molecule has 0 heterocycles. The predicted molar refractivity (Wildman–Crippen MR) is 85.3 cm³/mol. The number of aromatic hydroxyl groups is 1. The summed E-state index contributed by atoms with van der Waals surface area (Å²) in [5.74, 6) is 0.290. The average Bonchev–Trinajstić information content (AvgIpc) is 2.55. The number of hydrazone groups is 1. The van der Waals surface area contributed by atoms with Crippen molar-refractivity contribution in [2.45, 2.75) is 0 Å². The van der Waals surface area contributed by atoms with Crippen LogP contribution in [0.1, 0.15) is 5.56 Å². The van der Waals surface area contributed by atoms with E-state index >= 15 is 0 Å². The standard InChI is InChI=1S/C16H17N3O3/c1-22-14-8-7-12(15(20)9-14)10-18-19-16(21)11-17-13-5-3-2-4-6-13/h2-10,17,20H,11H2,1H3,(H,19,21)/b18-10+. The number of ether oxygens (including phenoxy) is 1. The molecule has 0 aromatic heterocycles. The van der Waals surface area contributed by atoms with Crippen molar-refractivity contribution in [3.05, 3.63) is 54.1 Å². The molecule has 2 aromatic rings. The monoisotopic (exact) mass is 299 g/mol. The Morgan fingerprint density at radius 1 is 1.27 bits per heavy atom. The summed E-state index contributed by atoms with van der Waals surface area (Å²) in [6.45, 7) is 0.107. The van der Waals surface area contributed by atoms with Crippen LogP contribution in [0.25, 0.3) is 0 Å². The van der Waals surface area contributed by atoms with E-state index in [9.17, 15) is 9.90 Å². The largest absolute Gasteiger partial charge is 0.507 e. The van der Waals surface area contributed by atoms with Crippen molar-refractivity contribution >= 4 is 17.8 Å². The number of phenolic OH excluding ortho intramolecular Hbond substituents is 1. The van der Waals surface area contributed by atoms with Crippen LogP contribution >= 0.6 is 0 Å². The lowest BCUT2D eigenvalue weighted by molar-refractivity contribution is -0.119. The lowest BCUT2D eigenvalue weighted by Gasteiger charge is -2.05. The van der Waals surface area contributed by atoms with E-state index in [1.165, 1.54) is 19.4 Å². The van der Waals surface area contributed by atoms with Gasteiger partial charge in [-0.15, -0.1) is 0 Å². The van der Waals surface area contributed by atoms with Gasteiger partial charge in [-0.3, -0.25) is 4.79 Å². The molecule has 0 saturated heterocycles. The predicted octanol–water partition coefficient (Wildman–Crippen LogP) is 1.96. The summed E-state index contributed by atoms with van der Waals surface area (Å²) in [4.78, 5) is 11.6. The molecule has 2 rings (SSSR count). The molecule has 0 aliphatic carbocycles. The molecule has 0 radical (unpaired) electrons. The molecular weight excluding hydrogens is 282 g/mol. The van der Waals surface area contributed by atoms with Crippen LogP contribution in [0.4, 0.5) is 5.69 Å². The van der Waals surface area contributed by atoms with E-state index in [2.05, 4.69) is 15.8 Å². The van der Waals surface area contributed by atoms with Crippen molar-refractivity contribution in [2.24, 2.45) is 5.10 Å². The molecule has 0 unspecified atom stereocenters. The first-order valence-corrected chi connectivity index (χ1v) is 6.67. The van der Waals surface area contributed by atoms with Crippen molar-refractivity contribution in [3.63, 3.8) is 0 Å². The van der Waals surface area contributed by atoms with Crippen LogP contribution in [0.3, 0.4) is 0 Å². The number of phenols is 1. The topological polar surface area (TPSA) is 83.0 Å². The van der Waals surface area contributed by atoms with Gasteiger partial charge in [0.05, 0.1) is 19.9 Å². The van der Waals surface area contributed by atoms with Crippen molar-refractivity contribution in [3.8, 4) is 11.5 Å². The Labute approximate surface area is 128 Å². The number of anilines is 1. The highest BCUT2D eigenvalue weighted by atomic mass is 16.5. The van der Waals surface area contributed by atoms with Gasteiger partial charge in [0.1, 0.15) is 11.5 Å². The molecule has 6 heteroatoms. The molecular formula is C16H17N3O3. The van der Waals surface area contributed by atoms with E-state index in [1.54, 1.807) is 12.1 Å². The first-order chi connectivity index (χ1) is 10.7. The van der Waals surface area contributed by atoms with Crippen LogP contribution in [0, 0.1) is 0 Å². The first kappa shape index (κ1) is 15.4. The number of methoxy groups -OCH3 is 1. The highest BCUT2D eigenvalue weighted by Gasteiger charge is 2.01. The number of amides is 1. The summed E-state index contributed by atoms with van der Waals surface area (Å²) in [5, 5.41) is 16.5. The number of carbonyl (C=O) groups excluding carboxylic acids is 1. The smallest absolute Gasteiger partial charge is 0.259 e. The summed E-state index contributed by atoms with van der Waals surface area (Å²) < 4.78 is 4.98. The third-order valence-electron chi connectivity index (χ3n) is 2.86. The minimum atomic E-state index is -0.284. The van der Waals surface area contributed by atoms with Gasteiger partial charge < -0.3 is 15.2 Å². The zero-order chi connectivity index (χ0) is 15.8. The molecule has 0 spiro atoms. The normalized spacial score (nSPS) is 10.4. The molecule has 3 N–H and O–H groups in total. The zero-order valence-electron chi connectivity index (χ0n) is 12.1. The fourth-order valence-corrected chi connectivity index (χ4v) is 1.71. The number of hydrogen-bond acceptors (Lipinski definition) is 5. The Morgan fingerprint density at radius 3 is 2.73 bits per heavy atom. The van der Waals surface area contributed by atoms with Gasteiger partial charge in [-0.2, -0.15) is 5.10 Å². The molecule has 6 nitrogen and oxygen atoms in total. The lowest BCUT2D eigenvalue weighted by Crippen LogP contribution is -2.25. The molecule has 0 atom stereocenters. The van der Waals surface area contributed by atoms with E-state index in [-0.39, 0.29) is 18.2 Å². The van der Waals surface area contributed by atoms with Gasteiger partial charge >= 0.3 is 0 Å². The molecule has 0 aliphatic heterocycles. The first-order valence-electron chi connectivity index (χ1n) is 6.67. The Balaban J connectivity index is 1.83. The Kier molecular flexibility index (Phi) is 5.37. The highest BCUT2D eigenvalue weighted by molar-refractivity contribution is 5.86. The van der Waals surface area contributed by atoms with Crippen molar-refractivity contribution in [2.75, 3.05) is 19.0 Å². The SMILES string of the molecule is COc1ccc(/C=N/NC(=O)CNc2ccccc2)c(O)c1. The van der Waals surface area contributed by atoms with Crippen LogP contribution in [0.2, 0.25) is 0 Å². The second kappa shape index (κ2) is 7.68. The number of nitrogens with one attached hydrogen (secondary N) is 2. The molecule has 0 aliphatic rings. The van der Waals surface area contributed by atoms with E-state index in [0.717, 1.165) is 5.69 Å². The maximum Gasteiger partial charge on any atom is 0.259 e. The van der Waals surface area contributed by atoms with Crippen LogP contribution in [-0.4, -0.2) is 30.9 Å². The third-order valence-corrected chi connectivity index (χ3v) is 2.86. The van der Waals surface area contributed by atoms with Gasteiger partial charge in [-0.1, -0.05) is 18.2 Å². The highest BCUT2D eigenvalue weighted by Crippen LogP contribution is 2.21. The second-order valence-corrected chi connectivity index (χ2v) is 4.44. The molecule has 2 aromatic carbocycles. The van der Waals surface area contributed by atoms with E-state index in [4.69, 9.17) is 4.74 Å². The molecule has 0 bridgehead atoms. The fourth-order valence-electron chi connectivity index (χ4n) is 1.71. The molecule has 22 heavy (non-hydrogen) atoms.